The zero-order valence-corrected chi connectivity index (χ0v) is 19.1. The monoisotopic (exact) mass is 478 g/mol. The first-order valence-corrected chi connectivity index (χ1v) is 11.6. The topological polar surface area (TPSA) is 99.5 Å². The second-order valence-corrected chi connectivity index (χ2v) is 9.12. The molecule has 158 valence electrons. The SMILES string of the molecule is Cc1nc(-c2ccc(Cl)cc2)sc1C(=O)CSc1nc(-c2ccccc2)c(C#N)c(=O)[nH]1. The fourth-order valence-electron chi connectivity index (χ4n) is 3.00. The molecule has 0 fully saturated rings. The maximum Gasteiger partial charge on any atom is 0.270 e. The van der Waals surface area contributed by atoms with Crippen molar-refractivity contribution in [1.82, 2.24) is 15.0 Å². The lowest BCUT2D eigenvalue weighted by molar-refractivity contribution is 0.102. The molecule has 0 saturated heterocycles. The molecule has 6 nitrogen and oxygen atoms in total. The fraction of sp³-hybridized carbons (Fsp3) is 0.0870. The van der Waals surface area contributed by atoms with Crippen molar-refractivity contribution < 1.29 is 4.79 Å². The van der Waals surface area contributed by atoms with Crippen LogP contribution in [0, 0.1) is 18.3 Å². The van der Waals surface area contributed by atoms with Crippen molar-refractivity contribution in [3.8, 4) is 27.9 Å². The van der Waals surface area contributed by atoms with Crippen LogP contribution in [0.15, 0.2) is 64.5 Å². The first kappa shape index (κ1) is 22.0. The summed E-state index contributed by atoms with van der Waals surface area (Å²) >= 11 is 8.38. The average molecular weight is 479 g/mol. The van der Waals surface area contributed by atoms with E-state index >= 15 is 0 Å². The third-order valence-corrected chi connectivity index (χ3v) is 6.91. The summed E-state index contributed by atoms with van der Waals surface area (Å²) in [4.78, 5) is 37.3. The Kier molecular flexibility index (Phi) is 6.51. The minimum absolute atomic E-state index is 0.0576. The first-order valence-electron chi connectivity index (χ1n) is 9.45. The number of carbonyl (C=O) groups is 1. The minimum Gasteiger partial charge on any atom is -0.300 e. The van der Waals surface area contributed by atoms with Crippen LogP contribution in [0.1, 0.15) is 20.9 Å². The molecule has 0 unspecified atom stereocenters. The number of hydrogen-bond acceptors (Lipinski definition) is 7. The van der Waals surface area contributed by atoms with Gasteiger partial charge in [-0.25, -0.2) is 9.97 Å². The molecule has 4 aromatic rings. The standard InChI is InChI=1S/C23H15ClN4O2S2/c1-13-20(32-22(26-13)15-7-9-16(24)10-8-15)18(29)12-31-23-27-19(14-5-3-2-4-6-14)17(11-25)21(30)28-23/h2-10H,12H2,1H3,(H,27,28,30). The van der Waals surface area contributed by atoms with E-state index in [0.29, 0.717) is 26.9 Å². The Hall–Kier alpha value is -3.25. The van der Waals surface area contributed by atoms with Gasteiger partial charge in [0.15, 0.2) is 10.9 Å². The molecule has 4 rings (SSSR count). The largest absolute Gasteiger partial charge is 0.300 e. The van der Waals surface area contributed by atoms with Crippen LogP contribution in [0.3, 0.4) is 0 Å². The van der Waals surface area contributed by atoms with Crippen LogP contribution in [-0.2, 0) is 0 Å². The molecule has 9 heteroatoms. The number of thiazole rings is 1. The number of H-pyrrole nitrogens is 1. The van der Waals surface area contributed by atoms with Crippen LogP contribution in [0.25, 0.3) is 21.8 Å². The molecule has 0 aliphatic rings. The van der Waals surface area contributed by atoms with Crippen molar-refractivity contribution in [3.63, 3.8) is 0 Å². The maximum atomic E-state index is 12.9. The minimum atomic E-state index is -0.532. The number of hydrogen-bond donors (Lipinski definition) is 1. The molecule has 0 aliphatic carbocycles. The molecule has 0 aliphatic heterocycles. The lowest BCUT2D eigenvalue weighted by atomic mass is 10.1. The predicted octanol–water partition coefficient (Wildman–Crippen LogP) is 5.37. The Morgan fingerprint density at radius 2 is 1.84 bits per heavy atom. The Labute approximate surface area is 197 Å². The second-order valence-electron chi connectivity index (χ2n) is 6.72. The number of thioether (sulfide) groups is 1. The number of rotatable bonds is 6. The molecule has 1 N–H and O–H groups in total. The zero-order chi connectivity index (χ0) is 22.7. The molecule has 0 amide bonds. The highest BCUT2D eigenvalue weighted by molar-refractivity contribution is 7.99. The summed E-state index contributed by atoms with van der Waals surface area (Å²) < 4.78 is 0. The van der Waals surface area contributed by atoms with Gasteiger partial charge in [-0.1, -0.05) is 65.8 Å². The van der Waals surface area contributed by atoms with E-state index in [0.717, 1.165) is 22.3 Å². The molecule has 2 aromatic carbocycles. The Morgan fingerprint density at radius 3 is 2.53 bits per heavy atom. The van der Waals surface area contributed by atoms with Gasteiger partial charge < -0.3 is 4.98 Å². The zero-order valence-electron chi connectivity index (χ0n) is 16.8. The van der Waals surface area contributed by atoms with Crippen LogP contribution in [0.2, 0.25) is 5.02 Å². The van der Waals surface area contributed by atoms with Gasteiger partial charge in [0, 0.05) is 16.1 Å². The molecule has 0 atom stereocenters. The van der Waals surface area contributed by atoms with Gasteiger partial charge in [0.25, 0.3) is 5.56 Å². The first-order chi connectivity index (χ1) is 15.5. The number of aromatic amines is 1. The van der Waals surface area contributed by atoms with Gasteiger partial charge in [0.1, 0.15) is 16.6 Å². The molecule has 0 spiro atoms. The van der Waals surface area contributed by atoms with Crippen molar-refractivity contribution in [3.05, 3.63) is 86.1 Å². The van der Waals surface area contributed by atoms with Crippen molar-refractivity contribution in [2.24, 2.45) is 0 Å². The third-order valence-electron chi connectivity index (χ3n) is 4.54. The van der Waals surface area contributed by atoms with E-state index in [2.05, 4.69) is 15.0 Å². The molecule has 32 heavy (non-hydrogen) atoms. The van der Waals surface area contributed by atoms with Gasteiger partial charge >= 0.3 is 0 Å². The number of carbonyl (C=O) groups excluding carboxylic acids is 1. The van der Waals surface area contributed by atoms with E-state index in [1.807, 2.05) is 24.3 Å². The third kappa shape index (κ3) is 4.65. The van der Waals surface area contributed by atoms with Crippen LogP contribution < -0.4 is 5.56 Å². The summed E-state index contributed by atoms with van der Waals surface area (Å²) in [6.07, 6.45) is 0. The number of nitriles is 1. The maximum absolute atomic E-state index is 12.9. The van der Waals surface area contributed by atoms with Crippen molar-refractivity contribution in [1.29, 1.82) is 5.26 Å². The van der Waals surface area contributed by atoms with E-state index in [-0.39, 0.29) is 22.3 Å². The van der Waals surface area contributed by atoms with Gasteiger partial charge in [-0.05, 0) is 19.1 Å². The van der Waals surface area contributed by atoms with E-state index in [1.54, 1.807) is 43.3 Å². The lowest BCUT2D eigenvalue weighted by Crippen LogP contribution is -2.15. The van der Waals surface area contributed by atoms with Crippen LogP contribution in [0.4, 0.5) is 0 Å². The quantitative estimate of drug-likeness (QED) is 0.227. The number of halogens is 1. The van der Waals surface area contributed by atoms with Gasteiger partial charge in [-0.2, -0.15) is 5.26 Å². The lowest BCUT2D eigenvalue weighted by Gasteiger charge is -2.06. The second kappa shape index (κ2) is 9.49. The molecule has 2 heterocycles. The smallest absolute Gasteiger partial charge is 0.270 e. The highest BCUT2D eigenvalue weighted by Crippen LogP contribution is 2.30. The van der Waals surface area contributed by atoms with Crippen molar-refractivity contribution >= 4 is 40.5 Å². The van der Waals surface area contributed by atoms with Crippen LogP contribution in [0.5, 0.6) is 0 Å². The van der Waals surface area contributed by atoms with Gasteiger partial charge in [0.05, 0.1) is 22.0 Å². The molecule has 2 aromatic heterocycles. The molecular formula is C23H15ClN4O2S2. The number of aryl methyl sites for hydroxylation is 1. The summed E-state index contributed by atoms with van der Waals surface area (Å²) in [5.74, 6) is -0.0370. The van der Waals surface area contributed by atoms with Crippen molar-refractivity contribution in [2.75, 3.05) is 5.75 Å². The van der Waals surface area contributed by atoms with E-state index in [9.17, 15) is 14.9 Å². The summed E-state index contributed by atoms with van der Waals surface area (Å²) in [6, 6.07) is 18.2. The molecule has 0 bridgehead atoms. The molecule has 0 radical (unpaired) electrons. The van der Waals surface area contributed by atoms with Crippen molar-refractivity contribution in [2.45, 2.75) is 12.1 Å². The summed E-state index contributed by atoms with van der Waals surface area (Å²) in [6.45, 7) is 1.79. The number of benzene rings is 2. The number of nitrogens with zero attached hydrogens (tertiary/aromatic N) is 3. The van der Waals surface area contributed by atoms with Gasteiger partial charge in [0.2, 0.25) is 0 Å². The van der Waals surface area contributed by atoms with E-state index in [1.165, 1.54) is 11.3 Å². The number of Topliss-reactive ketones (excluding diaryl/α,β-unsaturated/α-hetero) is 1. The summed E-state index contributed by atoms with van der Waals surface area (Å²) in [5.41, 5.74) is 1.91. The fourth-order valence-corrected chi connectivity index (χ4v) is 4.96. The Bertz CT molecular complexity index is 1390. The van der Waals surface area contributed by atoms with Crippen LogP contribution in [-0.4, -0.2) is 26.5 Å². The highest BCUT2D eigenvalue weighted by atomic mass is 35.5. The van der Waals surface area contributed by atoms with Crippen LogP contribution >= 0.6 is 34.7 Å². The van der Waals surface area contributed by atoms with E-state index in [4.69, 9.17) is 11.6 Å². The van der Waals surface area contributed by atoms with Gasteiger partial charge in [-0.15, -0.1) is 11.3 Å². The van der Waals surface area contributed by atoms with E-state index < -0.39 is 5.56 Å². The molecular weight excluding hydrogens is 464 g/mol. The average Bonchev–Trinajstić information content (AvgIpc) is 3.19. The Morgan fingerprint density at radius 1 is 1.12 bits per heavy atom. The number of ketones is 1. The number of nitrogens with one attached hydrogen (secondary N) is 1. The number of aromatic nitrogens is 3. The molecule has 0 saturated carbocycles. The van der Waals surface area contributed by atoms with Gasteiger partial charge in [-0.3, -0.25) is 9.59 Å². The summed E-state index contributed by atoms with van der Waals surface area (Å²) in [5, 5.41) is 11.0. The normalized spacial score (nSPS) is 10.7. The Balaban J connectivity index is 1.56. The highest BCUT2D eigenvalue weighted by Gasteiger charge is 2.18. The predicted molar refractivity (Wildman–Crippen MR) is 127 cm³/mol. The summed E-state index contributed by atoms with van der Waals surface area (Å²) in [7, 11) is 0.